The van der Waals surface area contributed by atoms with E-state index in [1.165, 1.54) is 18.2 Å². The highest BCUT2D eigenvalue weighted by Crippen LogP contribution is 2.26. The van der Waals surface area contributed by atoms with Gasteiger partial charge >= 0.3 is 0 Å². The summed E-state index contributed by atoms with van der Waals surface area (Å²) >= 11 is 0. The number of carbonyl (C=O) groups excluding carboxylic acids is 1. The molecule has 2 aromatic heterocycles. The van der Waals surface area contributed by atoms with Crippen molar-refractivity contribution in [1.29, 1.82) is 5.26 Å². The number of unbranched alkanes of at least 4 members (excludes halogenated alkanes) is 1. The fraction of sp³-hybridized carbons (Fsp3) is 0.111. The topological polar surface area (TPSA) is 92.8 Å². The fourth-order valence-electron chi connectivity index (χ4n) is 3.31. The van der Waals surface area contributed by atoms with Gasteiger partial charge in [0.25, 0.3) is 0 Å². The minimum absolute atomic E-state index is 0.290. The molecule has 0 fully saturated rings. The van der Waals surface area contributed by atoms with E-state index in [1.807, 2.05) is 36.5 Å². The average molecular weight is 468 g/mol. The number of para-hydroxylation sites is 1. The Morgan fingerprint density at radius 1 is 1.11 bits per heavy atom. The number of amides is 1. The second-order valence-electron chi connectivity index (χ2n) is 7.50. The molecule has 1 N–H and O–H groups in total. The van der Waals surface area contributed by atoms with Gasteiger partial charge in [0, 0.05) is 36.0 Å². The van der Waals surface area contributed by atoms with Crippen molar-refractivity contribution >= 4 is 17.8 Å². The van der Waals surface area contributed by atoms with Gasteiger partial charge in [0.15, 0.2) is 11.6 Å². The molecule has 2 heterocycles. The number of benzene rings is 2. The number of nitriles is 1. The molecule has 0 unspecified atom stereocenters. The van der Waals surface area contributed by atoms with E-state index in [-0.39, 0.29) is 11.6 Å². The Labute approximate surface area is 202 Å². The van der Waals surface area contributed by atoms with Crippen molar-refractivity contribution in [3.05, 3.63) is 96.6 Å². The normalized spacial score (nSPS) is 10.7. The van der Waals surface area contributed by atoms with Crippen LogP contribution in [0.3, 0.4) is 0 Å². The smallest absolute Gasteiger partial charge is 0.249 e. The van der Waals surface area contributed by atoms with Crippen molar-refractivity contribution in [2.45, 2.75) is 12.8 Å². The zero-order valence-electron chi connectivity index (χ0n) is 18.8. The van der Waals surface area contributed by atoms with Crippen LogP contribution in [0.4, 0.5) is 10.2 Å². The lowest BCUT2D eigenvalue weighted by molar-refractivity contribution is -0.111. The summed E-state index contributed by atoms with van der Waals surface area (Å²) in [7, 11) is 0. The van der Waals surface area contributed by atoms with Gasteiger partial charge in [-0.05, 0) is 61.0 Å². The molecule has 0 bridgehead atoms. The second-order valence-corrected chi connectivity index (χ2v) is 7.50. The van der Waals surface area contributed by atoms with E-state index in [0.717, 1.165) is 11.3 Å². The fourth-order valence-corrected chi connectivity index (χ4v) is 3.31. The van der Waals surface area contributed by atoms with Gasteiger partial charge in [-0.15, -0.1) is 0 Å². The molecule has 7 nitrogen and oxygen atoms in total. The van der Waals surface area contributed by atoms with E-state index in [9.17, 15) is 9.18 Å². The van der Waals surface area contributed by atoms with Crippen LogP contribution in [-0.2, 0) is 4.79 Å². The Balaban J connectivity index is 1.55. The largest absolute Gasteiger partial charge is 0.490 e. The monoisotopic (exact) mass is 467 g/mol. The first kappa shape index (κ1) is 23.4. The first-order chi connectivity index (χ1) is 17.1. The highest BCUT2D eigenvalue weighted by atomic mass is 19.1. The molecule has 174 valence electrons. The number of hydrogen-bond donors (Lipinski definition) is 1. The molecular formula is C27H22FN5O2. The predicted molar refractivity (Wildman–Crippen MR) is 131 cm³/mol. The maximum Gasteiger partial charge on any atom is 0.249 e. The van der Waals surface area contributed by atoms with Crippen LogP contribution in [0.1, 0.15) is 18.4 Å². The first-order valence-electron chi connectivity index (χ1n) is 11.0. The van der Waals surface area contributed by atoms with Crippen LogP contribution in [0.25, 0.3) is 23.0 Å². The van der Waals surface area contributed by atoms with Crippen molar-refractivity contribution in [3.8, 4) is 28.8 Å². The zero-order chi connectivity index (χ0) is 24.5. The van der Waals surface area contributed by atoms with E-state index in [4.69, 9.17) is 10.00 Å². The Hall–Kier alpha value is -4.77. The number of rotatable bonds is 9. The molecule has 0 atom stereocenters. The molecule has 0 radical (unpaired) electrons. The number of halogens is 1. The van der Waals surface area contributed by atoms with Gasteiger partial charge in [0.05, 0.1) is 24.1 Å². The van der Waals surface area contributed by atoms with Gasteiger partial charge < -0.3 is 10.1 Å². The third kappa shape index (κ3) is 6.18. The number of anilines is 1. The molecule has 0 aliphatic heterocycles. The zero-order valence-corrected chi connectivity index (χ0v) is 18.8. The number of aromatic nitrogens is 3. The summed E-state index contributed by atoms with van der Waals surface area (Å²) in [5, 5.41) is 16.0. The van der Waals surface area contributed by atoms with Crippen LogP contribution in [0.2, 0.25) is 0 Å². The van der Waals surface area contributed by atoms with Crippen molar-refractivity contribution in [1.82, 2.24) is 14.8 Å². The molecule has 0 saturated heterocycles. The molecule has 0 aliphatic carbocycles. The summed E-state index contributed by atoms with van der Waals surface area (Å²) in [5.74, 6) is -0.0225. The van der Waals surface area contributed by atoms with Gasteiger partial charge in [0.1, 0.15) is 5.82 Å². The number of carbonyl (C=O) groups is 1. The Kier molecular flexibility index (Phi) is 7.61. The predicted octanol–water partition coefficient (Wildman–Crippen LogP) is 5.41. The number of nitrogens with one attached hydrogen (secondary N) is 1. The summed E-state index contributed by atoms with van der Waals surface area (Å²) < 4.78 is 20.8. The van der Waals surface area contributed by atoms with E-state index in [0.29, 0.717) is 36.5 Å². The Morgan fingerprint density at radius 2 is 1.91 bits per heavy atom. The van der Waals surface area contributed by atoms with Crippen molar-refractivity contribution in [3.63, 3.8) is 0 Å². The molecule has 4 rings (SSSR count). The second kappa shape index (κ2) is 11.4. The van der Waals surface area contributed by atoms with Gasteiger partial charge in [-0.1, -0.05) is 18.2 Å². The van der Waals surface area contributed by atoms with E-state index in [2.05, 4.69) is 21.5 Å². The van der Waals surface area contributed by atoms with Crippen molar-refractivity contribution < 1.29 is 13.9 Å². The van der Waals surface area contributed by atoms with Crippen LogP contribution < -0.4 is 10.1 Å². The number of pyridine rings is 1. The molecular weight excluding hydrogens is 445 g/mol. The number of nitrogens with zero attached hydrogens (tertiary/aromatic N) is 4. The summed E-state index contributed by atoms with van der Waals surface area (Å²) in [4.78, 5) is 16.9. The van der Waals surface area contributed by atoms with Crippen LogP contribution in [0.15, 0.2) is 85.2 Å². The van der Waals surface area contributed by atoms with Gasteiger partial charge in [0.2, 0.25) is 5.91 Å². The summed E-state index contributed by atoms with van der Waals surface area (Å²) in [6.45, 7) is 0.345. The average Bonchev–Trinajstić information content (AvgIpc) is 3.32. The SMILES string of the molecule is N#CCCCOc1cccnc1NC(=O)C=Cc1cn(-c2ccccc2)nc1-c1ccc(F)cc1. The first-order valence-corrected chi connectivity index (χ1v) is 11.0. The minimum Gasteiger partial charge on any atom is -0.490 e. The van der Waals surface area contributed by atoms with Gasteiger partial charge in [-0.2, -0.15) is 10.4 Å². The van der Waals surface area contributed by atoms with Crippen molar-refractivity contribution in [2.75, 3.05) is 11.9 Å². The molecule has 1 amide bonds. The molecule has 0 aliphatic rings. The van der Waals surface area contributed by atoms with Gasteiger partial charge in [-0.25, -0.2) is 14.1 Å². The number of hydrogen-bond acceptors (Lipinski definition) is 5. The Bertz CT molecular complexity index is 1360. The standard InChI is InChI=1S/C27H22FN5O2/c28-22-13-10-20(11-14-22)26-21(19-33(32-26)23-7-2-1-3-8-23)12-15-25(34)31-27-24(9-6-17-30-27)35-18-5-4-16-29/h1-3,6-15,17,19H,4-5,18H2,(H,30,31,34). The van der Waals surface area contributed by atoms with Crippen LogP contribution in [-0.4, -0.2) is 27.3 Å². The van der Waals surface area contributed by atoms with Crippen LogP contribution in [0.5, 0.6) is 5.75 Å². The summed E-state index contributed by atoms with van der Waals surface area (Å²) in [5.41, 5.74) is 2.87. The highest BCUT2D eigenvalue weighted by molar-refractivity contribution is 6.02. The quantitative estimate of drug-likeness (QED) is 0.263. The molecule has 4 aromatic rings. The van der Waals surface area contributed by atoms with Gasteiger partial charge in [-0.3, -0.25) is 4.79 Å². The lowest BCUT2D eigenvalue weighted by atomic mass is 10.1. The maximum atomic E-state index is 13.5. The van der Waals surface area contributed by atoms with Crippen molar-refractivity contribution in [2.24, 2.45) is 0 Å². The third-order valence-corrected chi connectivity index (χ3v) is 5.00. The molecule has 0 spiro atoms. The third-order valence-electron chi connectivity index (χ3n) is 5.00. The maximum absolute atomic E-state index is 13.5. The minimum atomic E-state index is -0.400. The van der Waals surface area contributed by atoms with Crippen LogP contribution in [0, 0.1) is 17.1 Å². The summed E-state index contributed by atoms with van der Waals surface area (Å²) in [6, 6.07) is 21.1. The molecule has 8 heteroatoms. The molecule has 0 saturated carbocycles. The summed E-state index contributed by atoms with van der Waals surface area (Å²) in [6.07, 6.45) is 7.36. The van der Waals surface area contributed by atoms with E-state index in [1.54, 1.807) is 41.2 Å². The van der Waals surface area contributed by atoms with E-state index < -0.39 is 5.91 Å². The van der Waals surface area contributed by atoms with Crippen LogP contribution >= 0.6 is 0 Å². The Morgan fingerprint density at radius 3 is 2.69 bits per heavy atom. The lowest BCUT2D eigenvalue weighted by Crippen LogP contribution is -2.11. The lowest BCUT2D eigenvalue weighted by Gasteiger charge is -2.09. The highest BCUT2D eigenvalue weighted by Gasteiger charge is 2.12. The van der Waals surface area contributed by atoms with E-state index >= 15 is 0 Å². The molecule has 2 aromatic carbocycles. The molecule has 35 heavy (non-hydrogen) atoms. The number of ether oxygens (including phenoxy) is 1.